The van der Waals surface area contributed by atoms with Gasteiger partial charge in [0.1, 0.15) is 11.3 Å². The van der Waals surface area contributed by atoms with Gasteiger partial charge in [-0.3, -0.25) is 14.4 Å². The van der Waals surface area contributed by atoms with E-state index in [1.165, 1.54) is 6.07 Å². The lowest BCUT2D eigenvalue weighted by molar-refractivity contribution is -0.121. The first-order valence-corrected chi connectivity index (χ1v) is 10.3. The minimum absolute atomic E-state index is 0.00346. The molecule has 0 saturated carbocycles. The molecule has 2 aromatic carbocycles. The molecular weight excluding hydrogens is 396 g/mol. The number of anilines is 2. The van der Waals surface area contributed by atoms with E-state index >= 15 is 0 Å². The number of hydrogen-bond acceptors (Lipinski definition) is 5. The van der Waals surface area contributed by atoms with Crippen LogP contribution in [0.4, 0.5) is 11.4 Å². The molecule has 3 aromatic rings. The minimum atomic E-state index is -0.540. The third kappa shape index (κ3) is 4.03. The Morgan fingerprint density at radius 1 is 1.13 bits per heavy atom. The standard InChI is InChI=1S/C24H24N2O5/c1-4-5-8-26-18-11-16(6-7-20(18)30-13-22(26)28)25-24(29)21-12-19(27)17-10-14(2)9-15(3)23(17)31-21/h6-7,9-12H,4-5,8,13H2,1-3H3,(H,25,29). The van der Waals surface area contributed by atoms with Crippen LogP contribution in [-0.2, 0) is 4.79 Å². The van der Waals surface area contributed by atoms with E-state index < -0.39 is 5.91 Å². The van der Waals surface area contributed by atoms with Crippen LogP contribution in [-0.4, -0.2) is 25.0 Å². The molecule has 2 amide bonds. The van der Waals surface area contributed by atoms with Crippen LogP contribution in [0.1, 0.15) is 41.4 Å². The molecule has 1 N–H and O–H groups in total. The highest BCUT2D eigenvalue weighted by atomic mass is 16.5. The minimum Gasteiger partial charge on any atom is -0.482 e. The van der Waals surface area contributed by atoms with Gasteiger partial charge < -0.3 is 19.4 Å². The normalized spacial score (nSPS) is 13.1. The maximum Gasteiger partial charge on any atom is 0.291 e. The summed E-state index contributed by atoms with van der Waals surface area (Å²) >= 11 is 0. The van der Waals surface area contributed by atoms with Crippen molar-refractivity contribution in [2.75, 3.05) is 23.4 Å². The maximum absolute atomic E-state index is 12.8. The van der Waals surface area contributed by atoms with E-state index in [2.05, 4.69) is 12.2 Å². The van der Waals surface area contributed by atoms with Crippen LogP contribution >= 0.6 is 0 Å². The van der Waals surface area contributed by atoms with Gasteiger partial charge in [0.2, 0.25) is 0 Å². The summed E-state index contributed by atoms with van der Waals surface area (Å²) in [5.41, 5.74) is 2.97. The molecule has 0 saturated heterocycles. The molecule has 0 spiro atoms. The van der Waals surface area contributed by atoms with E-state index in [0.29, 0.717) is 34.6 Å². The predicted octanol–water partition coefficient (Wildman–Crippen LogP) is 4.19. The van der Waals surface area contributed by atoms with Crippen LogP contribution in [0.2, 0.25) is 0 Å². The number of ether oxygens (including phenoxy) is 1. The molecule has 1 aromatic heterocycles. The Labute approximate surface area is 179 Å². The van der Waals surface area contributed by atoms with Crippen LogP contribution in [0, 0.1) is 13.8 Å². The quantitative estimate of drug-likeness (QED) is 0.669. The first-order valence-electron chi connectivity index (χ1n) is 10.3. The molecule has 7 heteroatoms. The summed E-state index contributed by atoms with van der Waals surface area (Å²) in [5, 5.41) is 3.21. The molecule has 0 aliphatic carbocycles. The summed E-state index contributed by atoms with van der Waals surface area (Å²) in [5.74, 6) is -0.132. The zero-order chi connectivity index (χ0) is 22.1. The first kappa shape index (κ1) is 20.7. The fourth-order valence-corrected chi connectivity index (χ4v) is 3.75. The highest BCUT2D eigenvalue weighted by molar-refractivity contribution is 6.04. The molecule has 7 nitrogen and oxygen atoms in total. The topological polar surface area (TPSA) is 88.9 Å². The average Bonchev–Trinajstić information content (AvgIpc) is 2.73. The number of hydrogen-bond donors (Lipinski definition) is 1. The number of aryl methyl sites for hydroxylation is 2. The van der Waals surface area contributed by atoms with E-state index in [0.717, 1.165) is 24.0 Å². The summed E-state index contributed by atoms with van der Waals surface area (Å²) in [6.07, 6.45) is 1.82. The SMILES string of the molecule is CCCCN1C(=O)COc2ccc(NC(=O)c3cc(=O)c4cc(C)cc(C)c4o3)cc21. The largest absolute Gasteiger partial charge is 0.482 e. The van der Waals surface area contributed by atoms with Gasteiger partial charge in [0, 0.05) is 18.3 Å². The van der Waals surface area contributed by atoms with Crippen molar-refractivity contribution in [2.24, 2.45) is 0 Å². The van der Waals surface area contributed by atoms with Gasteiger partial charge in [-0.1, -0.05) is 19.4 Å². The summed E-state index contributed by atoms with van der Waals surface area (Å²) in [6.45, 7) is 6.39. The Morgan fingerprint density at radius 3 is 2.71 bits per heavy atom. The van der Waals surface area contributed by atoms with Gasteiger partial charge in [-0.2, -0.15) is 0 Å². The van der Waals surface area contributed by atoms with Gasteiger partial charge in [-0.05, 0) is 55.7 Å². The Hall–Kier alpha value is -3.61. The zero-order valence-electron chi connectivity index (χ0n) is 17.8. The molecule has 0 unspecified atom stereocenters. The van der Waals surface area contributed by atoms with Crippen molar-refractivity contribution in [3.8, 4) is 5.75 Å². The van der Waals surface area contributed by atoms with Gasteiger partial charge in [-0.15, -0.1) is 0 Å². The van der Waals surface area contributed by atoms with Crippen LogP contribution in [0.25, 0.3) is 11.0 Å². The maximum atomic E-state index is 12.8. The molecule has 1 aliphatic rings. The number of amides is 2. The number of carbonyl (C=O) groups excluding carboxylic acids is 2. The molecule has 4 rings (SSSR count). The van der Waals surface area contributed by atoms with Crippen molar-refractivity contribution in [1.29, 1.82) is 0 Å². The highest BCUT2D eigenvalue weighted by Gasteiger charge is 2.25. The molecule has 0 fully saturated rings. The fourth-order valence-electron chi connectivity index (χ4n) is 3.75. The zero-order valence-corrected chi connectivity index (χ0v) is 17.8. The van der Waals surface area contributed by atoms with E-state index in [1.54, 1.807) is 29.2 Å². The molecule has 160 valence electrons. The highest BCUT2D eigenvalue weighted by Crippen LogP contribution is 2.35. The second-order valence-electron chi connectivity index (χ2n) is 7.76. The summed E-state index contributed by atoms with van der Waals surface area (Å²) in [4.78, 5) is 39.3. The van der Waals surface area contributed by atoms with Crippen molar-refractivity contribution in [3.63, 3.8) is 0 Å². The Morgan fingerprint density at radius 2 is 1.94 bits per heavy atom. The number of unbranched alkanes of at least 4 members (excludes halogenated alkanes) is 1. The van der Waals surface area contributed by atoms with Crippen LogP contribution in [0.5, 0.6) is 5.75 Å². The van der Waals surface area contributed by atoms with Crippen molar-refractivity contribution in [2.45, 2.75) is 33.6 Å². The summed E-state index contributed by atoms with van der Waals surface area (Å²) < 4.78 is 11.3. The van der Waals surface area contributed by atoms with Gasteiger partial charge in [0.15, 0.2) is 17.8 Å². The van der Waals surface area contributed by atoms with E-state index in [9.17, 15) is 14.4 Å². The second kappa shape index (κ2) is 8.26. The number of nitrogens with zero attached hydrogens (tertiary/aromatic N) is 1. The van der Waals surface area contributed by atoms with Crippen molar-refractivity contribution in [3.05, 3.63) is 63.5 Å². The van der Waals surface area contributed by atoms with Crippen LogP contribution in [0.15, 0.2) is 45.6 Å². The first-order chi connectivity index (χ1) is 14.9. The summed E-state index contributed by atoms with van der Waals surface area (Å²) in [7, 11) is 0. The number of carbonyl (C=O) groups is 2. The van der Waals surface area contributed by atoms with E-state index in [1.807, 2.05) is 19.9 Å². The van der Waals surface area contributed by atoms with Crippen molar-refractivity contribution in [1.82, 2.24) is 0 Å². The Bertz CT molecular complexity index is 1240. The average molecular weight is 420 g/mol. The second-order valence-corrected chi connectivity index (χ2v) is 7.76. The number of fused-ring (bicyclic) bond motifs is 2. The van der Waals surface area contributed by atoms with Crippen LogP contribution in [0.3, 0.4) is 0 Å². The number of rotatable bonds is 5. The molecule has 0 radical (unpaired) electrons. The fraction of sp³-hybridized carbons (Fsp3) is 0.292. The lowest BCUT2D eigenvalue weighted by Gasteiger charge is -2.29. The smallest absolute Gasteiger partial charge is 0.291 e. The molecule has 1 aliphatic heterocycles. The lowest BCUT2D eigenvalue weighted by atomic mass is 10.1. The van der Waals surface area contributed by atoms with Gasteiger partial charge >= 0.3 is 0 Å². The number of nitrogens with one attached hydrogen (secondary N) is 1. The predicted molar refractivity (Wildman–Crippen MR) is 119 cm³/mol. The monoisotopic (exact) mass is 420 g/mol. The molecule has 0 bridgehead atoms. The van der Waals surface area contributed by atoms with Crippen molar-refractivity contribution >= 4 is 34.2 Å². The number of benzene rings is 2. The lowest BCUT2D eigenvalue weighted by Crippen LogP contribution is -2.39. The summed E-state index contributed by atoms with van der Waals surface area (Å²) in [6, 6.07) is 9.97. The van der Waals surface area contributed by atoms with Crippen molar-refractivity contribution < 1.29 is 18.7 Å². The van der Waals surface area contributed by atoms with Gasteiger partial charge in [0.05, 0.1) is 11.1 Å². The molecule has 31 heavy (non-hydrogen) atoms. The van der Waals surface area contributed by atoms with Crippen LogP contribution < -0.4 is 20.4 Å². The Balaban J connectivity index is 1.64. The molecular formula is C24H24N2O5. The van der Waals surface area contributed by atoms with Gasteiger partial charge in [0.25, 0.3) is 11.8 Å². The third-order valence-electron chi connectivity index (χ3n) is 5.28. The van der Waals surface area contributed by atoms with Gasteiger partial charge in [-0.25, -0.2) is 0 Å². The third-order valence-corrected chi connectivity index (χ3v) is 5.28. The Kier molecular flexibility index (Phi) is 5.50. The van der Waals surface area contributed by atoms with E-state index in [-0.39, 0.29) is 23.7 Å². The van der Waals surface area contributed by atoms with E-state index in [4.69, 9.17) is 9.15 Å². The molecule has 2 heterocycles. The molecule has 0 atom stereocenters.